The lowest BCUT2D eigenvalue weighted by atomic mass is 10.2. The molecule has 4 heteroatoms. The van der Waals surface area contributed by atoms with Crippen molar-refractivity contribution >= 4 is 0 Å². The second-order valence-electron chi connectivity index (χ2n) is 3.33. The minimum atomic E-state index is -0.117. The molecule has 1 N–H and O–H groups in total. The maximum Gasteiger partial charge on any atom is 0.250 e. The van der Waals surface area contributed by atoms with Crippen LogP contribution in [0.3, 0.4) is 0 Å². The van der Waals surface area contributed by atoms with Crippen molar-refractivity contribution in [3.05, 3.63) is 28.4 Å². The van der Waals surface area contributed by atoms with Gasteiger partial charge in [0.25, 0.3) is 5.56 Å². The number of hydrogen-bond donors (Lipinski definition) is 1. The van der Waals surface area contributed by atoms with Gasteiger partial charge in [-0.15, -0.1) is 0 Å². The van der Waals surface area contributed by atoms with Crippen LogP contribution in [0.1, 0.15) is 31.7 Å². The van der Waals surface area contributed by atoms with Crippen molar-refractivity contribution in [2.45, 2.75) is 32.0 Å². The van der Waals surface area contributed by atoms with Gasteiger partial charge in [0.15, 0.2) is 0 Å². The van der Waals surface area contributed by atoms with Gasteiger partial charge in [-0.2, -0.15) is 0 Å². The maximum atomic E-state index is 11.0. The lowest BCUT2D eigenvalue weighted by molar-refractivity contribution is 0.0501. The summed E-state index contributed by atoms with van der Waals surface area (Å²) < 4.78 is 5.57. The summed E-state index contributed by atoms with van der Waals surface area (Å²) in [5.41, 5.74) is -0.117. The fourth-order valence-electron chi connectivity index (χ4n) is 1.55. The summed E-state index contributed by atoms with van der Waals surface area (Å²) in [6.07, 6.45) is 3.73. The number of H-pyrrole nitrogens is 1. The number of ether oxygens (including phenoxy) is 1. The quantitative estimate of drug-likeness (QED) is 0.701. The normalized spacial score (nSPS) is 27.8. The third-order valence-electron chi connectivity index (χ3n) is 2.23. The monoisotopic (exact) mass is 180 g/mol. The SMILES string of the molecule is CC1CCC(c2nccc(=O)[nH]2)O1. The first-order chi connectivity index (χ1) is 6.25. The minimum absolute atomic E-state index is 0.0242. The van der Waals surface area contributed by atoms with Crippen molar-refractivity contribution in [2.75, 3.05) is 0 Å². The van der Waals surface area contributed by atoms with Crippen molar-refractivity contribution < 1.29 is 4.74 Å². The maximum absolute atomic E-state index is 11.0. The molecule has 0 aromatic carbocycles. The molecule has 1 aliphatic heterocycles. The third-order valence-corrected chi connectivity index (χ3v) is 2.23. The zero-order valence-electron chi connectivity index (χ0n) is 7.49. The number of aromatic amines is 1. The fourth-order valence-corrected chi connectivity index (χ4v) is 1.55. The number of nitrogens with zero attached hydrogens (tertiary/aromatic N) is 1. The zero-order valence-corrected chi connectivity index (χ0v) is 7.49. The van der Waals surface area contributed by atoms with Crippen molar-refractivity contribution in [1.82, 2.24) is 9.97 Å². The smallest absolute Gasteiger partial charge is 0.250 e. The van der Waals surface area contributed by atoms with E-state index in [-0.39, 0.29) is 17.8 Å². The number of rotatable bonds is 1. The molecule has 0 radical (unpaired) electrons. The topological polar surface area (TPSA) is 55.0 Å². The van der Waals surface area contributed by atoms with Crippen molar-refractivity contribution in [3.63, 3.8) is 0 Å². The van der Waals surface area contributed by atoms with Crippen molar-refractivity contribution in [2.24, 2.45) is 0 Å². The molecule has 0 saturated carbocycles. The van der Waals surface area contributed by atoms with Gasteiger partial charge in [-0.1, -0.05) is 0 Å². The Labute approximate surface area is 76.0 Å². The van der Waals surface area contributed by atoms with E-state index >= 15 is 0 Å². The van der Waals surface area contributed by atoms with Crippen LogP contribution in [-0.2, 0) is 4.74 Å². The summed E-state index contributed by atoms with van der Waals surface area (Å²) in [6, 6.07) is 1.40. The highest BCUT2D eigenvalue weighted by Crippen LogP contribution is 2.29. The zero-order chi connectivity index (χ0) is 9.26. The van der Waals surface area contributed by atoms with Crippen LogP contribution in [0, 0.1) is 0 Å². The van der Waals surface area contributed by atoms with E-state index in [4.69, 9.17) is 4.74 Å². The molecule has 0 bridgehead atoms. The summed E-state index contributed by atoms with van der Waals surface area (Å²) >= 11 is 0. The average molecular weight is 180 g/mol. The largest absolute Gasteiger partial charge is 0.367 e. The molecule has 0 aliphatic carbocycles. The Morgan fingerprint density at radius 3 is 3.08 bits per heavy atom. The molecule has 1 fully saturated rings. The molecule has 0 amide bonds. The van der Waals surface area contributed by atoms with E-state index in [9.17, 15) is 4.79 Å². The van der Waals surface area contributed by atoms with Crippen molar-refractivity contribution in [3.8, 4) is 0 Å². The molecule has 0 spiro atoms. The van der Waals surface area contributed by atoms with E-state index in [0.717, 1.165) is 12.8 Å². The van der Waals surface area contributed by atoms with Crippen LogP contribution in [0.15, 0.2) is 17.1 Å². The predicted octanol–water partition coefficient (Wildman–Crippen LogP) is 1.01. The molecule has 2 atom stereocenters. The molecule has 1 aromatic heterocycles. The Morgan fingerprint density at radius 1 is 1.62 bits per heavy atom. The number of aromatic nitrogens is 2. The Kier molecular flexibility index (Phi) is 2.14. The second kappa shape index (κ2) is 3.30. The lowest BCUT2D eigenvalue weighted by Gasteiger charge is -2.08. The van der Waals surface area contributed by atoms with Crippen LogP contribution in [0.4, 0.5) is 0 Å². The fraction of sp³-hybridized carbons (Fsp3) is 0.556. The van der Waals surface area contributed by atoms with Gasteiger partial charge >= 0.3 is 0 Å². The van der Waals surface area contributed by atoms with Crippen molar-refractivity contribution in [1.29, 1.82) is 0 Å². The van der Waals surface area contributed by atoms with E-state index in [0.29, 0.717) is 5.82 Å². The molecule has 1 aromatic rings. The number of nitrogens with one attached hydrogen (secondary N) is 1. The molecule has 2 heterocycles. The standard InChI is InChI=1S/C9H12N2O2/c1-6-2-3-7(13-6)9-10-5-4-8(12)11-9/h4-7H,2-3H2,1H3,(H,10,11,12). The van der Waals surface area contributed by atoms with Gasteiger partial charge in [0, 0.05) is 12.3 Å². The van der Waals surface area contributed by atoms with Crippen LogP contribution in [-0.4, -0.2) is 16.1 Å². The molecule has 2 rings (SSSR count). The third kappa shape index (κ3) is 1.78. The lowest BCUT2D eigenvalue weighted by Crippen LogP contribution is -2.12. The summed E-state index contributed by atoms with van der Waals surface area (Å²) in [6.45, 7) is 2.03. The van der Waals surface area contributed by atoms with E-state index in [1.807, 2.05) is 6.92 Å². The minimum Gasteiger partial charge on any atom is -0.367 e. The van der Waals surface area contributed by atoms with E-state index in [1.54, 1.807) is 0 Å². The molecular weight excluding hydrogens is 168 g/mol. The summed E-state index contributed by atoms with van der Waals surface area (Å²) in [5, 5.41) is 0. The summed E-state index contributed by atoms with van der Waals surface area (Å²) in [7, 11) is 0. The first-order valence-electron chi connectivity index (χ1n) is 4.46. The van der Waals surface area contributed by atoms with Gasteiger partial charge in [-0.25, -0.2) is 4.98 Å². The van der Waals surface area contributed by atoms with Gasteiger partial charge in [0.2, 0.25) is 0 Å². The molecule has 1 aliphatic rings. The van der Waals surface area contributed by atoms with Crippen LogP contribution in [0.2, 0.25) is 0 Å². The Bertz CT molecular complexity index is 347. The van der Waals surface area contributed by atoms with Crippen LogP contribution in [0.25, 0.3) is 0 Å². The molecular formula is C9H12N2O2. The van der Waals surface area contributed by atoms with Crippen LogP contribution < -0.4 is 5.56 Å². The van der Waals surface area contributed by atoms with Gasteiger partial charge < -0.3 is 9.72 Å². The van der Waals surface area contributed by atoms with Gasteiger partial charge in [0.1, 0.15) is 11.9 Å². The summed E-state index contributed by atoms with van der Waals surface area (Å²) in [5.74, 6) is 0.650. The molecule has 70 valence electrons. The number of hydrogen-bond acceptors (Lipinski definition) is 3. The van der Waals surface area contributed by atoms with Gasteiger partial charge in [-0.05, 0) is 19.8 Å². The first-order valence-corrected chi connectivity index (χ1v) is 4.46. The first kappa shape index (κ1) is 8.44. The highest BCUT2D eigenvalue weighted by Gasteiger charge is 2.24. The van der Waals surface area contributed by atoms with Gasteiger partial charge in [0.05, 0.1) is 6.10 Å². The van der Waals surface area contributed by atoms with E-state index < -0.39 is 0 Å². The Balaban J connectivity index is 2.21. The van der Waals surface area contributed by atoms with Gasteiger partial charge in [-0.3, -0.25) is 4.79 Å². The van der Waals surface area contributed by atoms with Crippen LogP contribution in [0.5, 0.6) is 0 Å². The second-order valence-corrected chi connectivity index (χ2v) is 3.33. The molecule has 13 heavy (non-hydrogen) atoms. The molecule has 2 unspecified atom stereocenters. The summed E-state index contributed by atoms with van der Waals surface area (Å²) in [4.78, 5) is 17.7. The Hall–Kier alpha value is -1.16. The highest BCUT2D eigenvalue weighted by atomic mass is 16.5. The molecule has 4 nitrogen and oxygen atoms in total. The molecule has 1 saturated heterocycles. The van der Waals surface area contributed by atoms with Crippen LogP contribution >= 0.6 is 0 Å². The Morgan fingerprint density at radius 2 is 2.46 bits per heavy atom. The highest BCUT2D eigenvalue weighted by molar-refractivity contribution is 4.95. The average Bonchev–Trinajstić information content (AvgIpc) is 2.52. The predicted molar refractivity (Wildman–Crippen MR) is 47.4 cm³/mol. The van der Waals surface area contributed by atoms with E-state index in [2.05, 4.69) is 9.97 Å². The van der Waals surface area contributed by atoms with E-state index in [1.165, 1.54) is 12.3 Å².